The Morgan fingerprint density at radius 3 is 2.68 bits per heavy atom. The predicted octanol–water partition coefficient (Wildman–Crippen LogP) is 3.71. The summed E-state index contributed by atoms with van der Waals surface area (Å²) in [6.45, 7) is 7.21. The molecule has 2 amide bonds. The quantitative estimate of drug-likeness (QED) is 0.712. The van der Waals surface area contributed by atoms with Gasteiger partial charge in [-0.3, -0.25) is 4.79 Å². The van der Waals surface area contributed by atoms with E-state index in [0.717, 1.165) is 0 Å². The molecule has 1 aliphatic rings. The van der Waals surface area contributed by atoms with E-state index in [9.17, 15) is 14.0 Å². The molecule has 0 aliphatic carbocycles. The molecule has 156 valence electrons. The first kappa shape index (κ1) is 22.4. The van der Waals surface area contributed by atoms with Crippen molar-refractivity contribution < 1.29 is 23.5 Å². The molecule has 28 heavy (non-hydrogen) atoms. The molecule has 1 aliphatic heterocycles. The Kier molecular flexibility index (Phi) is 7.66. The number of carbonyl (C=O) groups is 2. The first-order valence-electron chi connectivity index (χ1n) is 9.30. The van der Waals surface area contributed by atoms with Gasteiger partial charge in [-0.2, -0.15) is 0 Å². The molecule has 1 atom stereocenters. The van der Waals surface area contributed by atoms with Crippen LogP contribution < -0.4 is 0 Å². The monoisotopic (exact) mass is 414 g/mol. The molecule has 1 saturated heterocycles. The lowest BCUT2D eigenvalue weighted by atomic mass is 10.1. The topological polar surface area (TPSA) is 59.1 Å². The zero-order valence-corrected chi connectivity index (χ0v) is 17.6. The highest BCUT2D eigenvalue weighted by Crippen LogP contribution is 2.24. The average molecular weight is 415 g/mol. The highest BCUT2D eigenvalue weighted by atomic mass is 35.5. The molecule has 2 rings (SSSR count). The molecule has 6 nitrogen and oxygen atoms in total. The van der Waals surface area contributed by atoms with Crippen LogP contribution in [0.3, 0.4) is 0 Å². The summed E-state index contributed by atoms with van der Waals surface area (Å²) in [5, 5.41) is 0.275. The van der Waals surface area contributed by atoms with E-state index in [-0.39, 0.29) is 23.4 Å². The number of rotatable bonds is 6. The third kappa shape index (κ3) is 6.34. The van der Waals surface area contributed by atoms with Crippen molar-refractivity contribution in [2.24, 2.45) is 5.92 Å². The third-order valence-corrected chi connectivity index (χ3v) is 4.79. The van der Waals surface area contributed by atoms with E-state index < -0.39 is 17.5 Å². The molecule has 1 heterocycles. The maximum absolute atomic E-state index is 13.3. The van der Waals surface area contributed by atoms with E-state index in [2.05, 4.69) is 0 Å². The molecule has 0 saturated carbocycles. The van der Waals surface area contributed by atoms with Gasteiger partial charge in [-0.05, 0) is 44.9 Å². The molecular formula is C20H28ClFN2O4. The summed E-state index contributed by atoms with van der Waals surface area (Å²) >= 11 is 6.12. The van der Waals surface area contributed by atoms with E-state index in [1.54, 1.807) is 23.0 Å². The SMILES string of the molecule is COCCN(Cc1ccc(F)cc1Cl)C(=O)C1CCN(C(=O)OC(C)(C)C)C1. The summed E-state index contributed by atoms with van der Waals surface area (Å²) in [6.07, 6.45) is 0.159. The van der Waals surface area contributed by atoms with Crippen LogP contribution in [-0.4, -0.2) is 60.8 Å². The fourth-order valence-corrected chi connectivity index (χ4v) is 3.26. The van der Waals surface area contributed by atoms with Crippen LogP contribution in [0.15, 0.2) is 18.2 Å². The lowest BCUT2D eigenvalue weighted by molar-refractivity contribution is -0.136. The van der Waals surface area contributed by atoms with Crippen LogP contribution in [0.2, 0.25) is 5.02 Å². The fourth-order valence-electron chi connectivity index (χ4n) is 3.04. The van der Waals surface area contributed by atoms with Gasteiger partial charge < -0.3 is 19.3 Å². The van der Waals surface area contributed by atoms with Gasteiger partial charge in [0.05, 0.1) is 12.5 Å². The Balaban J connectivity index is 2.05. The number of halogens is 2. The van der Waals surface area contributed by atoms with Gasteiger partial charge in [0.15, 0.2) is 0 Å². The summed E-state index contributed by atoms with van der Waals surface area (Å²) in [4.78, 5) is 28.5. The summed E-state index contributed by atoms with van der Waals surface area (Å²) < 4.78 is 23.8. The number of benzene rings is 1. The van der Waals surface area contributed by atoms with Crippen molar-refractivity contribution in [1.82, 2.24) is 9.80 Å². The largest absolute Gasteiger partial charge is 0.444 e. The molecule has 0 aromatic heterocycles. The van der Waals surface area contributed by atoms with E-state index in [4.69, 9.17) is 21.1 Å². The number of hydrogen-bond acceptors (Lipinski definition) is 4. The standard InChI is InChI=1S/C20H28ClFN2O4/c1-20(2,3)28-19(26)24-8-7-15(13-24)18(25)23(9-10-27-4)12-14-5-6-16(22)11-17(14)21/h5-6,11,15H,7-10,12-13H2,1-4H3. The maximum atomic E-state index is 13.3. The van der Waals surface area contributed by atoms with Crippen molar-refractivity contribution in [3.8, 4) is 0 Å². The molecule has 1 aromatic rings. The molecule has 0 bridgehead atoms. The molecule has 8 heteroatoms. The van der Waals surface area contributed by atoms with E-state index >= 15 is 0 Å². The third-order valence-electron chi connectivity index (χ3n) is 4.44. The van der Waals surface area contributed by atoms with Crippen molar-refractivity contribution >= 4 is 23.6 Å². The van der Waals surface area contributed by atoms with Crippen LogP contribution in [-0.2, 0) is 20.8 Å². The molecule has 0 spiro atoms. The molecule has 1 fully saturated rings. The van der Waals surface area contributed by atoms with Crippen molar-refractivity contribution in [3.05, 3.63) is 34.6 Å². The van der Waals surface area contributed by atoms with Gasteiger partial charge in [0.25, 0.3) is 0 Å². The van der Waals surface area contributed by atoms with Gasteiger partial charge in [0, 0.05) is 38.3 Å². The number of methoxy groups -OCH3 is 1. The van der Waals surface area contributed by atoms with Crippen molar-refractivity contribution in [2.75, 3.05) is 33.4 Å². The average Bonchev–Trinajstić information content (AvgIpc) is 3.08. The Morgan fingerprint density at radius 1 is 1.36 bits per heavy atom. The fraction of sp³-hybridized carbons (Fsp3) is 0.600. The van der Waals surface area contributed by atoms with Gasteiger partial charge in [-0.15, -0.1) is 0 Å². The Bertz CT molecular complexity index is 708. The zero-order chi connectivity index (χ0) is 20.9. The number of likely N-dealkylation sites (tertiary alicyclic amines) is 1. The van der Waals surface area contributed by atoms with Crippen LogP contribution >= 0.6 is 11.6 Å². The smallest absolute Gasteiger partial charge is 0.410 e. The number of nitrogens with zero attached hydrogens (tertiary/aromatic N) is 2. The van der Waals surface area contributed by atoms with Crippen LogP contribution in [0.5, 0.6) is 0 Å². The highest BCUT2D eigenvalue weighted by molar-refractivity contribution is 6.31. The summed E-state index contributed by atoms with van der Waals surface area (Å²) in [5.74, 6) is -0.820. The van der Waals surface area contributed by atoms with Crippen LogP contribution in [0.4, 0.5) is 9.18 Å². The van der Waals surface area contributed by atoms with E-state index in [1.807, 2.05) is 20.8 Å². The molecule has 1 unspecified atom stereocenters. The van der Waals surface area contributed by atoms with Gasteiger partial charge >= 0.3 is 6.09 Å². The molecule has 1 aromatic carbocycles. The number of ether oxygens (including phenoxy) is 2. The maximum Gasteiger partial charge on any atom is 0.410 e. The summed E-state index contributed by atoms with van der Waals surface area (Å²) in [5.41, 5.74) is 0.0812. The van der Waals surface area contributed by atoms with Crippen LogP contribution in [0, 0.1) is 11.7 Å². The second-order valence-electron chi connectivity index (χ2n) is 7.90. The number of amides is 2. The van der Waals surface area contributed by atoms with Gasteiger partial charge in [0.1, 0.15) is 11.4 Å². The van der Waals surface area contributed by atoms with E-state index in [0.29, 0.717) is 38.2 Å². The molecule has 0 radical (unpaired) electrons. The summed E-state index contributed by atoms with van der Waals surface area (Å²) in [6, 6.07) is 4.13. The number of hydrogen-bond donors (Lipinski definition) is 0. The second kappa shape index (κ2) is 9.56. The van der Waals surface area contributed by atoms with Gasteiger partial charge in [0.2, 0.25) is 5.91 Å². The Hall–Kier alpha value is -1.86. The minimum atomic E-state index is -0.580. The number of carbonyl (C=O) groups excluding carboxylic acids is 2. The molecule has 0 N–H and O–H groups in total. The van der Waals surface area contributed by atoms with Crippen molar-refractivity contribution in [1.29, 1.82) is 0 Å². The van der Waals surface area contributed by atoms with Gasteiger partial charge in [-0.1, -0.05) is 17.7 Å². The molecular weight excluding hydrogens is 387 g/mol. The highest BCUT2D eigenvalue weighted by Gasteiger charge is 2.35. The summed E-state index contributed by atoms with van der Waals surface area (Å²) in [7, 11) is 1.56. The lowest BCUT2D eigenvalue weighted by Gasteiger charge is -2.27. The predicted molar refractivity (Wildman–Crippen MR) is 105 cm³/mol. The van der Waals surface area contributed by atoms with Crippen molar-refractivity contribution in [3.63, 3.8) is 0 Å². The first-order valence-corrected chi connectivity index (χ1v) is 9.68. The van der Waals surface area contributed by atoms with E-state index in [1.165, 1.54) is 12.1 Å². The van der Waals surface area contributed by atoms with Crippen LogP contribution in [0.1, 0.15) is 32.8 Å². The minimum Gasteiger partial charge on any atom is -0.444 e. The Labute approximate surface area is 170 Å². The minimum absolute atomic E-state index is 0.0801. The lowest BCUT2D eigenvalue weighted by Crippen LogP contribution is -2.40. The van der Waals surface area contributed by atoms with Crippen molar-refractivity contribution in [2.45, 2.75) is 39.3 Å². The zero-order valence-electron chi connectivity index (χ0n) is 16.8. The second-order valence-corrected chi connectivity index (χ2v) is 8.31. The Morgan fingerprint density at radius 2 is 2.07 bits per heavy atom. The van der Waals surface area contributed by atoms with Crippen LogP contribution in [0.25, 0.3) is 0 Å². The normalized spacial score (nSPS) is 16.9. The van der Waals surface area contributed by atoms with Gasteiger partial charge in [-0.25, -0.2) is 9.18 Å². The first-order chi connectivity index (χ1) is 13.1.